The molecule has 0 bridgehead atoms. The Morgan fingerprint density at radius 2 is 1.87 bits per heavy atom. The van der Waals surface area contributed by atoms with Crippen molar-refractivity contribution < 1.29 is 19.1 Å². The molecule has 30 heavy (non-hydrogen) atoms. The van der Waals surface area contributed by atoms with Crippen molar-refractivity contribution in [2.75, 3.05) is 31.7 Å². The zero-order chi connectivity index (χ0) is 21.8. The van der Waals surface area contributed by atoms with Gasteiger partial charge in [-0.3, -0.25) is 9.59 Å². The minimum absolute atomic E-state index is 0.164. The average Bonchev–Trinajstić information content (AvgIpc) is 2.72. The van der Waals surface area contributed by atoms with Gasteiger partial charge in [0.1, 0.15) is 5.75 Å². The number of halogens is 1. The molecule has 0 fully saturated rings. The summed E-state index contributed by atoms with van der Waals surface area (Å²) >= 11 is 5.94. The predicted octanol–water partition coefficient (Wildman–Crippen LogP) is 4.60. The molecule has 6 nitrogen and oxygen atoms in total. The van der Waals surface area contributed by atoms with Crippen LogP contribution in [-0.2, 0) is 9.53 Å². The molecule has 0 spiro atoms. The Morgan fingerprint density at radius 3 is 2.63 bits per heavy atom. The Hall–Kier alpha value is -2.57. The predicted molar refractivity (Wildman–Crippen MR) is 119 cm³/mol. The minimum atomic E-state index is -0.219. The molecule has 2 amide bonds. The van der Waals surface area contributed by atoms with Crippen molar-refractivity contribution in [3.63, 3.8) is 0 Å². The van der Waals surface area contributed by atoms with Crippen LogP contribution < -0.4 is 15.4 Å². The van der Waals surface area contributed by atoms with Crippen LogP contribution in [0.3, 0.4) is 0 Å². The van der Waals surface area contributed by atoms with Crippen LogP contribution in [0.1, 0.15) is 42.1 Å². The van der Waals surface area contributed by atoms with Crippen molar-refractivity contribution in [3.8, 4) is 5.75 Å². The van der Waals surface area contributed by atoms with Gasteiger partial charge in [-0.15, -0.1) is 0 Å². The van der Waals surface area contributed by atoms with Crippen molar-refractivity contribution in [2.45, 2.75) is 33.1 Å². The number of amides is 2. The summed E-state index contributed by atoms with van der Waals surface area (Å²) in [5, 5.41) is 6.34. The van der Waals surface area contributed by atoms with Crippen LogP contribution in [0.4, 0.5) is 5.69 Å². The number of nitrogens with one attached hydrogen (secondary N) is 2. The maximum atomic E-state index is 12.4. The van der Waals surface area contributed by atoms with Crippen molar-refractivity contribution >= 4 is 29.1 Å². The molecule has 0 radical (unpaired) electrons. The van der Waals surface area contributed by atoms with Gasteiger partial charge >= 0.3 is 0 Å². The van der Waals surface area contributed by atoms with Crippen LogP contribution in [0.15, 0.2) is 42.5 Å². The van der Waals surface area contributed by atoms with E-state index >= 15 is 0 Å². The van der Waals surface area contributed by atoms with E-state index in [9.17, 15) is 9.59 Å². The van der Waals surface area contributed by atoms with E-state index in [1.54, 1.807) is 30.3 Å². The summed E-state index contributed by atoms with van der Waals surface area (Å²) in [6, 6.07) is 12.4. The van der Waals surface area contributed by atoms with Crippen LogP contribution in [0, 0.1) is 6.92 Å². The highest BCUT2D eigenvalue weighted by molar-refractivity contribution is 6.30. The highest BCUT2D eigenvalue weighted by Crippen LogP contribution is 2.22. The Labute approximate surface area is 182 Å². The molecule has 2 rings (SSSR count). The van der Waals surface area contributed by atoms with E-state index in [0.717, 1.165) is 17.7 Å². The molecule has 7 heteroatoms. The van der Waals surface area contributed by atoms with Gasteiger partial charge < -0.3 is 20.1 Å². The third kappa shape index (κ3) is 8.05. The number of benzene rings is 2. The molecule has 0 unspecified atom stereocenters. The first-order chi connectivity index (χ1) is 14.5. The van der Waals surface area contributed by atoms with Gasteiger partial charge in [0, 0.05) is 31.2 Å². The second kappa shape index (κ2) is 12.9. The van der Waals surface area contributed by atoms with Crippen molar-refractivity contribution in [2.24, 2.45) is 0 Å². The van der Waals surface area contributed by atoms with E-state index in [2.05, 4.69) is 10.6 Å². The molecular weight excluding hydrogens is 404 g/mol. The first-order valence-electron chi connectivity index (χ1n) is 10.1. The van der Waals surface area contributed by atoms with E-state index in [1.807, 2.05) is 26.0 Å². The lowest BCUT2D eigenvalue weighted by Crippen LogP contribution is -2.26. The summed E-state index contributed by atoms with van der Waals surface area (Å²) < 4.78 is 11.0. The molecule has 0 saturated heterocycles. The third-order valence-electron chi connectivity index (χ3n) is 4.34. The summed E-state index contributed by atoms with van der Waals surface area (Å²) in [5.74, 6) is 0.373. The van der Waals surface area contributed by atoms with Gasteiger partial charge in [-0.1, -0.05) is 23.7 Å². The van der Waals surface area contributed by atoms with Gasteiger partial charge in [0.15, 0.2) is 0 Å². The second-order valence-corrected chi connectivity index (χ2v) is 7.20. The number of ether oxygens (including phenoxy) is 2. The normalized spacial score (nSPS) is 10.5. The first kappa shape index (κ1) is 23.7. The summed E-state index contributed by atoms with van der Waals surface area (Å²) in [4.78, 5) is 24.7. The Balaban J connectivity index is 1.78. The van der Waals surface area contributed by atoms with E-state index < -0.39 is 0 Å². The van der Waals surface area contributed by atoms with E-state index in [1.165, 1.54) is 0 Å². The lowest BCUT2D eigenvalue weighted by molar-refractivity contribution is -0.116. The van der Waals surface area contributed by atoms with E-state index in [0.29, 0.717) is 49.1 Å². The van der Waals surface area contributed by atoms with Gasteiger partial charge in [0.25, 0.3) is 5.91 Å². The van der Waals surface area contributed by atoms with Gasteiger partial charge in [-0.2, -0.15) is 0 Å². The fourth-order valence-corrected chi connectivity index (χ4v) is 3.03. The van der Waals surface area contributed by atoms with Crippen molar-refractivity contribution in [1.82, 2.24) is 5.32 Å². The van der Waals surface area contributed by atoms with Gasteiger partial charge in [-0.25, -0.2) is 0 Å². The Bertz CT molecular complexity index is 842. The standard InChI is InChI=1S/C23H29ClN2O4/c1-3-29-14-7-13-25-23(28)19-8-4-5-9-20(19)26-22(27)10-6-15-30-21-12-11-18(24)16-17(21)2/h4-5,8-9,11-12,16H,3,6-7,10,13-15H2,1-2H3,(H,25,28)(H,26,27). The highest BCUT2D eigenvalue weighted by Gasteiger charge is 2.12. The van der Waals surface area contributed by atoms with Gasteiger partial charge in [-0.05, 0) is 62.6 Å². The molecule has 162 valence electrons. The lowest BCUT2D eigenvalue weighted by atomic mass is 10.1. The zero-order valence-electron chi connectivity index (χ0n) is 17.5. The fraction of sp³-hybridized carbons (Fsp3) is 0.391. The third-order valence-corrected chi connectivity index (χ3v) is 4.58. The molecule has 2 aromatic rings. The number of rotatable bonds is 12. The number of carbonyl (C=O) groups is 2. The number of carbonyl (C=O) groups excluding carboxylic acids is 2. The smallest absolute Gasteiger partial charge is 0.253 e. The monoisotopic (exact) mass is 432 g/mol. The number of aryl methyl sites for hydroxylation is 1. The van der Waals surface area contributed by atoms with Crippen molar-refractivity contribution in [1.29, 1.82) is 0 Å². The molecule has 0 aromatic heterocycles. The van der Waals surface area contributed by atoms with Crippen LogP contribution in [-0.4, -0.2) is 38.2 Å². The zero-order valence-corrected chi connectivity index (χ0v) is 18.3. The summed E-state index contributed by atoms with van der Waals surface area (Å²) in [5.41, 5.74) is 1.89. The molecule has 2 N–H and O–H groups in total. The topological polar surface area (TPSA) is 76.7 Å². The maximum Gasteiger partial charge on any atom is 0.253 e. The summed E-state index contributed by atoms with van der Waals surface area (Å²) in [7, 11) is 0. The second-order valence-electron chi connectivity index (χ2n) is 6.76. The average molecular weight is 433 g/mol. The van der Waals surface area contributed by atoms with E-state index in [-0.39, 0.29) is 18.2 Å². The van der Waals surface area contributed by atoms with Gasteiger partial charge in [0.2, 0.25) is 5.91 Å². The van der Waals surface area contributed by atoms with Crippen LogP contribution in [0.2, 0.25) is 5.02 Å². The Kier molecular flexibility index (Phi) is 10.2. The number of anilines is 1. The van der Waals surface area contributed by atoms with Crippen LogP contribution in [0.5, 0.6) is 5.75 Å². The quantitative estimate of drug-likeness (QED) is 0.480. The lowest BCUT2D eigenvalue weighted by Gasteiger charge is -2.12. The Morgan fingerprint density at radius 1 is 1.07 bits per heavy atom. The molecule has 0 aliphatic carbocycles. The SMILES string of the molecule is CCOCCCNC(=O)c1ccccc1NC(=O)CCCOc1ccc(Cl)cc1C. The highest BCUT2D eigenvalue weighted by atomic mass is 35.5. The summed E-state index contributed by atoms with van der Waals surface area (Å²) in [6.07, 6.45) is 1.58. The molecule has 2 aromatic carbocycles. The molecule has 0 aliphatic heterocycles. The minimum Gasteiger partial charge on any atom is -0.493 e. The molecule has 0 heterocycles. The molecular formula is C23H29ClN2O4. The maximum absolute atomic E-state index is 12.4. The first-order valence-corrected chi connectivity index (χ1v) is 10.5. The van der Waals surface area contributed by atoms with Crippen LogP contribution in [0.25, 0.3) is 0 Å². The largest absolute Gasteiger partial charge is 0.493 e. The number of hydrogen-bond acceptors (Lipinski definition) is 4. The number of para-hydroxylation sites is 1. The number of hydrogen-bond donors (Lipinski definition) is 2. The summed E-state index contributed by atoms with van der Waals surface area (Å²) in [6.45, 7) is 6.05. The van der Waals surface area contributed by atoms with Crippen LogP contribution >= 0.6 is 11.6 Å². The molecule has 0 aliphatic rings. The van der Waals surface area contributed by atoms with Gasteiger partial charge in [0.05, 0.1) is 17.9 Å². The molecule has 0 saturated carbocycles. The fourth-order valence-electron chi connectivity index (χ4n) is 2.81. The molecule has 0 atom stereocenters. The van der Waals surface area contributed by atoms with Crippen molar-refractivity contribution in [3.05, 3.63) is 58.6 Å². The van der Waals surface area contributed by atoms with E-state index in [4.69, 9.17) is 21.1 Å².